The number of rotatable bonds is 6. The van der Waals surface area contributed by atoms with Gasteiger partial charge in [0.05, 0.1) is 5.52 Å². The Morgan fingerprint density at radius 1 is 1.29 bits per heavy atom. The van der Waals surface area contributed by atoms with Crippen LogP contribution in [0.25, 0.3) is 16.9 Å². The number of benzene rings is 1. The van der Waals surface area contributed by atoms with Gasteiger partial charge >= 0.3 is 0 Å². The minimum absolute atomic E-state index is 0.0230. The molecule has 0 unspecified atom stereocenters. The second-order valence-corrected chi connectivity index (χ2v) is 5.86. The van der Waals surface area contributed by atoms with E-state index in [1.165, 1.54) is 0 Å². The number of aromatic nitrogens is 4. The van der Waals surface area contributed by atoms with E-state index in [1.807, 2.05) is 26.2 Å². The maximum Gasteiger partial charge on any atom is 0.237 e. The Morgan fingerprint density at radius 2 is 2.12 bits per heavy atom. The number of nitrogens with zero attached hydrogens (tertiary/aromatic N) is 5. The summed E-state index contributed by atoms with van der Waals surface area (Å²) in [4.78, 5) is 27.0. The highest BCUT2D eigenvalue weighted by molar-refractivity contribution is 6.00. The van der Waals surface area contributed by atoms with Gasteiger partial charge < -0.3 is 10.2 Å². The van der Waals surface area contributed by atoms with E-state index in [4.69, 9.17) is 0 Å². The van der Waals surface area contributed by atoms with Crippen LogP contribution in [0, 0.1) is 0 Å². The highest BCUT2D eigenvalue weighted by atomic mass is 16.1. The van der Waals surface area contributed by atoms with E-state index in [-0.39, 0.29) is 5.78 Å². The lowest BCUT2D eigenvalue weighted by Gasteiger charge is -2.14. The molecule has 0 aliphatic carbocycles. The molecule has 1 N–H and O–H groups in total. The molecule has 0 aliphatic heterocycles. The van der Waals surface area contributed by atoms with E-state index in [0.29, 0.717) is 17.3 Å². The van der Waals surface area contributed by atoms with E-state index < -0.39 is 0 Å². The zero-order chi connectivity index (χ0) is 17.1. The third kappa shape index (κ3) is 3.41. The van der Waals surface area contributed by atoms with Gasteiger partial charge in [0.1, 0.15) is 12.1 Å². The summed E-state index contributed by atoms with van der Waals surface area (Å²) in [6.45, 7) is 3.17. The fourth-order valence-corrected chi connectivity index (χ4v) is 2.36. The Balaban J connectivity index is 2.07. The number of nitrogens with one attached hydrogen (secondary N) is 1. The van der Waals surface area contributed by atoms with Gasteiger partial charge in [-0.05, 0) is 39.2 Å². The van der Waals surface area contributed by atoms with Crippen molar-refractivity contribution in [2.24, 2.45) is 0 Å². The van der Waals surface area contributed by atoms with E-state index in [1.54, 1.807) is 36.3 Å². The number of anilines is 1. The summed E-state index contributed by atoms with van der Waals surface area (Å²) in [5, 5.41) is 4.19. The van der Waals surface area contributed by atoms with Crippen LogP contribution in [0.1, 0.15) is 17.3 Å². The Labute approximate surface area is 140 Å². The molecule has 7 nitrogen and oxygen atoms in total. The van der Waals surface area contributed by atoms with Crippen LogP contribution < -0.4 is 5.32 Å². The zero-order valence-electron chi connectivity index (χ0n) is 14.0. The van der Waals surface area contributed by atoms with Crippen molar-refractivity contribution in [3.05, 3.63) is 42.5 Å². The van der Waals surface area contributed by atoms with Gasteiger partial charge in [-0.1, -0.05) is 0 Å². The van der Waals surface area contributed by atoms with Crippen molar-refractivity contribution < 1.29 is 4.79 Å². The molecule has 124 valence electrons. The van der Waals surface area contributed by atoms with Crippen molar-refractivity contribution in [1.82, 2.24) is 24.4 Å². The van der Waals surface area contributed by atoms with Crippen LogP contribution in [0.15, 0.2) is 36.9 Å². The molecular weight excluding hydrogens is 304 g/mol. The monoisotopic (exact) mass is 324 g/mol. The van der Waals surface area contributed by atoms with Crippen LogP contribution in [-0.2, 0) is 0 Å². The Bertz CT molecular complexity index is 857. The third-order valence-corrected chi connectivity index (χ3v) is 3.68. The SMILES string of the molecule is CC(=O)c1ccc2nc(-n3ccnc3)nc(NCCN(C)C)c2c1. The van der Waals surface area contributed by atoms with Gasteiger partial charge in [-0.2, -0.15) is 4.98 Å². The summed E-state index contributed by atoms with van der Waals surface area (Å²) in [6, 6.07) is 5.48. The summed E-state index contributed by atoms with van der Waals surface area (Å²) in [7, 11) is 4.04. The molecule has 0 fully saturated rings. The largest absolute Gasteiger partial charge is 0.368 e. The fraction of sp³-hybridized carbons (Fsp3) is 0.294. The maximum absolute atomic E-state index is 11.7. The standard InChI is InChI=1S/C17H20N6O/c1-12(24)13-4-5-15-14(10-13)16(19-7-8-22(2)3)21-17(20-15)23-9-6-18-11-23/h4-6,9-11H,7-8H2,1-3H3,(H,19,20,21). The average Bonchev–Trinajstić information content (AvgIpc) is 3.08. The van der Waals surface area contributed by atoms with Gasteiger partial charge in [0.15, 0.2) is 5.78 Å². The first-order valence-electron chi connectivity index (χ1n) is 7.74. The lowest BCUT2D eigenvalue weighted by Crippen LogP contribution is -2.21. The second-order valence-electron chi connectivity index (χ2n) is 5.86. The maximum atomic E-state index is 11.7. The number of likely N-dealkylation sites (N-methyl/N-ethyl adjacent to an activating group) is 1. The van der Waals surface area contributed by atoms with Gasteiger partial charge in [0.25, 0.3) is 0 Å². The Hall–Kier alpha value is -2.80. The summed E-state index contributed by atoms with van der Waals surface area (Å²) < 4.78 is 1.76. The van der Waals surface area contributed by atoms with Crippen molar-refractivity contribution in [2.75, 3.05) is 32.5 Å². The molecule has 2 heterocycles. The fourth-order valence-electron chi connectivity index (χ4n) is 2.36. The van der Waals surface area contributed by atoms with Crippen LogP contribution in [0.4, 0.5) is 5.82 Å². The number of carbonyl (C=O) groups excluding carboxylic acids is 1. The predicted octanol–water partition coefficient (Wildman–Crippen LogP) is 1.99. The molecule has 1 aromatic carbocycles. The van der Waals surface area contributed by atoms with Crippen LogP contribution in [0.2, 0.25) is 0 Å². The average molecular weight is 324 g/mol. The van der Waals surface area contributed by atoms with E-state index in [2.05, 4.69) is 25.2 Å². The molecule has 0 saturated carbocycles. The lowest BCUT2D eigenvalue weighted by molar-refractivity contribution is 0.101. The number of ketones is 1. The minimum Gasteiger partial charge on any atom is -0.368 e. The molecular formula is C17H20N6O. The second kappa shape index (κ2) is 6.76. The number of hydrogen-bond donors (Lipinski definition) is 1. The van der Waals surface area contributed by atoms with E-state index in [9.17, 15) is 4.79 Å². The molecule has 3 rings (SSSR count). The van der Waals surface area contributed by atoms with Crippen LogP contribution in [0.3, 0.4) is 0 Å². The molecule has 0 radical (unpaired) electrons. The molecule has 0 aliphatic rings. The summed E-state index contributed by atoms with van der Waals surface area (Å²) in [6.07, 6.45) is 5.15. The van der Waals surface area contributed by atoms with Crippen molar-refractivity contribution in [3.63, 3.8) is 0 Å². The molecule has 0 amide bonds. The first-order chi connectivity index (χ1) is 11.5. The van der Waals surface area contributed by atoms with Gasteiger partial charge in [-0.3, -0.25) is 9.36 Å². The van der Waals surface area contributed by atoms with Crippen molar-refractivity contribution >= 4 is 22.5 Å². The van der Waals surface area contributed by atoms with Crippen LogP contribution >= 0.6 is 0 Å². The molecule has 7 heteroatoms. The van der Waals surface area contributed by atoms with Gasteiger partial charge in [0, 0.05) is 36.4 Å². The van der Waals surface area contributed by atoms with Crippen molar-refractivity contribution in [1.29, 1.82) is 0 Å². The van der Waals surface area contributed by atoms with Gasteiger partial charge in [-0.15, -0.1) is 0 Å². The molecule has 0 saturated heterocycles. The number of imidazole rings is 1. The molecule has 0 spiro atoms. The highest BCUT2D eigenvalue weighted by Crippen LogP contribution is 2.23. The summed E-state index contributed by atoms with van der Waals surface area (Å²) in [5.41, 5.74) is 1.43. The quantitative estimate of drug-likeness (QED) is 0.699. The summed E-state index contributed by atoms with van der Waals surface area (Å²) in [5.74, 6) is 1.28. The van der Waals surface area contributed by atoms with Crippen molar-refractivity contribution in [3.8, 4) is 5.95 Å². The molecule has 24 heavy (non-hydrogen) atoms. The van der Waals surface area contributed by atoms with Crippen molar-refractivity contribution in [2.45, 2.75) is 6.92 Å². The first kappa shape index (κ1) is 16.1. The number of carbonyl (C=O) groups is 1. The highest BCUT2D eigenvalue weighted by Gasteiger charge is 2.11. The summed E-state index contributed by atoms with van der Waals surface area (Å²) >= 11 is 0. The Morgan fingerprint density at radius 3 is 2.79 bits per heavy atom. The first-order valence-corrected chi connectivity index (χ1v) is 7.74. The third-order valence-electron chi connectivity index (χ3n) is 3.68. The minimum atomic E-state index is 0.0230. The number of hydrogen-bond acceptors (Lipinski definition) is 6. The number of Topliss-reactive ketones (excluding diaryl/α,β-unsaturated/α-hetero) is 1. The predicted molar refractivity (Wildman–Crippen MR) is 93.7 cm³/mol. The smallest absolute Gasteiger partial charge is 0.237 e. The normalized spacial score (nSPS) is 11.2. The topological polar surface area (TPSA) is 75.9 Å². The van der Waals surface area contributed by atoms with E-state index in [0.717, 1.165) is 24.0 Å². The molecule has 0 bridgehead atoms. The lowest BCUT2D eigenvalue weighted by atomic mass is 10.1. The van der Waals surface area contributed by atoms with Gasteiger partial charge in [0.2, 0.25) is 5.95 Å². The molecule has 2 aromatic heterocycles. The van der Waals surface area contributed by atoms with Crippen LogP contribution in [-0.4, -0.2) is 57.4 Å². The van der Waals surface area contributed by atoms with Gasteiger partial charge in [-0.25, -0.2) is 9.97 Å². The van der Waals surface area contributed by atoms with E-state index >= 15 is 0 Å². The Kier molecular flexibility index (Phi) is 4.52. The molecule has 3 aromatic rings. The zero-order valence-corrected chi connectivity index (χ0v) is 14.0. The number of fused-ring (bicyclic) bond motifs is 1. The molecule has 0 atom stereocenters. The van der Waals surface area contributed by atoms with Crippen LogP contribution in [0.5, 0.6) is 0 Å².